The Kier molecular flexibility index (Phi) is 6.21. The van der Waals surface area contributed by atoms with E-state index in [2.05, 4.69) is 20.1 Å². The number of anilines is 2. The van der Waals surface area contributed by atoms with E-state index in [0.717, 1.165) is 45.0 Å². The van der Waals surface area contributed by atoms with Crippen molar-refractivity contribution in [3.63, 3.8) is 0 Å². The maximum Gasteiger partial charge on any atom is 0.408 e. The summed E-state index contributed by atoms with van der Waals surface area (Å²) in [7, 11) is 2.04. The Bertz CT molecular complexity index is 1260. The van der Waals surface area contributed by atoms with Gasteiger partial charge in [-0.05, 0) is 25.2 Å². The number of hydrogen-bond acceptors (Lipinski definition) is 6. The van der Waals surface area contributed by atoms with Crippen LogP contribution in [0.5, 0.6) is 0 Å². The summed E-state index contributed by atoms with van der Waals surface area (Å²) in [6, 6.07) is 11.5. The van der Waals surface area contributed by atoms with Crippen LogP contribution in [0, 0.1) is 5.82 Å². The van der Waals surface area contributed by atoms with Crippen molar-refractivity contribution in [2.45, 2.75) is 0 Å². The first-order valence-corrected chi connectivity index (χ1v) is 11.6. The predicted molar refractivity (Wildman–Crippen MR) is 131 cm³/mol. The van der Waals surface area contributed by atoms with Crippen molar-refractivity contribution in [3.8, 4) is 0 Å². The lowest BCUT2D eigenvalue weighted by Gasteiger charge is -2.34. The molecule has 2 saturated heterocycles. The summed E-state index contributed by atoms with van der Waals surface area (Å²) in [6.07, 6.45) is 0. The zero-order chi connectivity index (χ0) is 23.7. The molecule has 0 aliphatic carbocycles. The van der Waals surface area contributed by atoms with E-state index in [4.69, 9.17) is 4.42 Å². The maximum absolute atomic E-state index is 14.3. The fourth-order valence-electron chi connectivity index (χ4n) is 4.48. The highest BCUT2D eigenvalue weighted by Crippen LogP contribution is 2.28. The summed E-state index contributed by atoms with van der Waals surface area (Å²) in [6.45, 7) is 6.83. The van der Waals surface area contributed by atoms with Gasteiger partial charge < -0.3 is 29.5 Å². The van der Waals surface area contributed by atoms with Crippen molar-refractivity contribution in [2.75, 3.05) is 69.2 Å². The summed E-state index contributed by atoms with van der Waals surface area (Å²) in [5.41, 5.74) is 2.17. The van der Waals surface area contributed by atoms with Crippen molar-refractivity contribution in [1.82, 2.24) is 10.2 Å². The molecule has 8 nitrogen and oxygen atoms in total. The zero-order valence-electron chi connectivity index (χ0n) is 19.2. The Morgan fingerprint density at radius 2 is 1.71 bits per heavy atom. The minimum absolute atomic E-state index is 0.00525. The Labute approximate surface area is 196 Å². The Hall–Kier alpha value is -3.43. The molecule has 1 aromatic heterocycles. The van der Waals surface area contributed by atoms with Crippen LogP contribution in [0.2, 0.25) is 0 Å². The third-order valence-corrected chi connectivity index (χ3v) is 6.46. The van der Waals surface area contributed by atoms with Crippen LogP contribution >= 0.6 is 0 Å². The largest absolute Gasteiger partial charge is 0.457 e. The van der Waals surface area contributed by atoms with Gasteiger partial charge in [-0.25, -0.2) is 4.39 Å². The van der Waals surface area contributed by atoms with E-state index in [0.29, 0.717) is 24.5 Å². The summed E-state index contributed by atoms with van der Waals surface area (Å²) < 4.78 is 20.3. The van der Waals surface area contributed by atoms with E-state index >= 15 is 0 Å². The monoisotopic (exact) mass is 466 g/mol. The molecule has 0 amide bonds. The number of nitrogens with zero attached hydrogens (tertiary/aromatic N) is 3. The number of benzene rings is 2. The van der Waals surface area contributed by atoms with Gasteiger partial charge in [-0.15, -0.1) is 0 Å². The van der Waals surface area contributed by atoms with E-state index in [1.54, 1.807) is 0 Å². The molecule has 2 fully saturated rings. The van der Waals surface area contributed by atoms with Gasteiger partial charge in [0.25, 0.3) is 0 Å². The number of nitrogens with one attached hydrogen (secondary N) is 2. The molecule has 5 rings (SSSR count). The van der Waals surface area contributed by atoms with Gasteiger partial charge in [0, 0.05) is 82.3 Å². The molecule has 9 heteroatoms. The van der Waals surface area contributed by atoms with Crippen LogP contribution in [0.25, 0.3) is 11.0 Å². The molecule has 3 N–H and O–H groups in total. The molecule has 0 saturated carbocycles. The summed E-state index contributed by atoms with van der Waals surface area (Å²) >= 11 is 0. The standard InChI is InChI=1S/C25H28FN5O3/c1-29-10-12-31(13-11-29)21-15-17(26)14-20-22(32)16-23(34-24(20)21)25(33)28-18-2-4-19(5-3-18)30-8-6-27-7-9-30/h2-5,14-16,27H,6-13H2,1H3,(H,28,33)/p+1. The number of hydrogen-bond donors (Lipinski definition) is 3. The molecular formula is C25H29FN5O3+. The lowest BCUT2D eigenvalue weighted by atomic mass is 10.1. The second kappa shape index (κ2) is 9.44. The minimum atomic E-state index is -0.489. The second-order valence-electron chi connectivity index (χ2n) is 8.82. The smallest absolute Gasteiger partial charge is 0.408 e. The molecule has 2 aliphatic rings. The van der Waals surface area contributed by atoms with Crippen molar-refractivity contribution in [3.05, 3.63) is 64.3 Å². The maximum atomic E-state index is 14.3. The zero-order valence-corrected chi connectivity index (χ0v) is 19.2. The highest BCUT2D eigenvalue weighted by Gasteiger charge is 2.22. The fourth-order valence-corrected chi connectivity index (χ4v) is 4.48. The van der Waals surface area contributed by atoms with Crippen molar-refractivity contribution < 1.29 is 18.9 Å². The van der Waals surface area contributed by atoms with Gasteiger partial charge in [0.2, 0.25) is 11.4 Å². The number of fused-ring (bicyclic) bond motifs is 1. The molecular weight excluding hydrogens is 437 g/mol. The predicted octanol–water partition coefficient (Wildman–Crippen LogP) is 0.810. The number of aliphatic hydroxyl groups excluding tert-OH is 1. The topological polar surface area (TPSA) is 86.2 Å². The third-order valence-electron chi connectivity index (χ3n) is 6.46. The fraction of sp³-hybridized carbons (Fsp3) is 0.360. The molecule has 0 bridgehead atoms. The molecule has 2 aromatic carbocycles. The molecule has 0 unspecified atom stereocenters. The lowest BCUT2D eigenvalue weighted by molar-refractivity contribution is -0.365. The van der Waals surface area contributed by atoms with Crippen molar-refractivity contribution in [1.29, 1.82) is 0 Å². The number of aliphatic hydroxyl groups is 1. The number of halogens is 1. The van der Waals surface area contributed by atoms with Crippen LogP contribution in [0.15, 0.2) is 51.7 Å². The Morgan fingerprint density at radius 1 is 1.00 bits per heavy atom. The Morgan fingerprint density at radius 3 is 2.41 bits per heavy atom. The summed E-state index contributed by atoms with van der Waals surface area (Å²) in [5.74, 6) is -0.759. The minimum Gasteiger partial charge on any atom is -0.457 e. The molecule has 0 atom stereocenters. The quantitative estimate of drug-likeness (QED) is 0.388. The van der Waals surface area contributed by atoms with Gasteiger partial charge in [0.05, 0.1) is 11.1 Å². The first-order chi connectivity index (χ1) is 16.5. The third kappa shape index (κ3) is 4.62. The molecule has 0 radical (unpaired) electrons. The van der Waals surface area contributed by atoms with Crippen LogP contribution in [-0.2, 0) is 0 Å². The molecule has 2 aliphatic heterocycles. The molecule has 0 spiro atoms. The number of piperazine rings is 2. The van der Waals surface area contributed by atoms with Gasteiger partial charge in [0.1, 0.15) is 5.82 Å². The van der Waals surface area contributed by atoms with Crippen LogP contribution in [-0.4, -0.2) is 75.3 Å². The van der Waals surface area contributed by atoms with E-state index in [9.17, 15) is 14.3 Å². The molecule has 3 heterocycles. The molecule has 34 heavy (non-hydrogen) atoms. The average Bonchev–Trinajstić information content (AvgIpc) is 2.85. The SMILES string of the molecule is CN1CCN(c2cc(F)cc3c(=O)cc(C(O)=[NH+]c4ccc(N5CCNCC5)cc4)oc23)CC1. The second-order valence-corrected chi connectivity index (χ2v) is 8.82. The van der Waals surface area contributed by atoms with Gasteiger partial charge >= 0.3 is 5.90 Å². The van der Waals surface area contributed by atoms with E-state index in [1.807, 2.05) is 36.2 Å². The average molecular weight is 467 g/mol. The van der Waals surface area contributed by atoms with Gasteiger partial charge in [-0.2, -0.15) is 4.99 Å². The normalized spacial score (nSPS) is 18.0. The van der Waals surface area contributed by atoms with E-state index < -0.39 is 11.2 Å². The lowest BCUT2D eigenvalue weighted by Crippen LogP contribution is -2.66. The molecule has 178 valence electrons. The summed E-state index contributed by atoms with van der Waals surface area (Å²) in [5, 5.41) is 14.2. The van der Waals surface area contributed by atoms with Gasteiger partial charge in [-0.1, -0.05) is 0 Å². The van der Waals surface area contributed by atoms with Crippen molar-refractivity contribution >= 4 is 33.9 Å². The van der Waals surface area contributed by atoms with Crippen LogP contribution in [0.4, 0.5) is 21.5 Å². The first kappa shape index (κ1) is 22.4. The Balaban J connectivity index is 1.47. The van der Waals surface area contributed by atoms with Crippen LogP contribution in [0.1, 0.15) is 5.76 Å². The van der Waals surface area contributed by atoms with Crippen molar-refractivity contribution in [2.24, 2.45) is 0 Å². The molecule has 3 aromatic rings. The number of likely N-dealkylation sites (N-methyl/N-ethyl adjacent to an activating group) is 1. The highest BCUT2D eigenvalue weighted by atomic mass is 19.1. The number of rotatable bonds is 4. The first-order valence-electron chi connectivity index (χ1n) is 11.6. The summed E-state index contributed by atoms with van der Waals surface area (Å²) in [4.78, 5) is 22.2. The van der Waals surface area contributed by atoms with E-state index in [1.165, 1.54) is 18.2 Å². The van der Waals surface area contributed by atoms with Crippen LogP contribution in [0.3, 0.4) is 0 Å². The van der Waals surface area contributed by atoms with Gasteiger partial charge in [-0.3, -0.25) is 4.79 Å². The van der Waals surface area contributed by atoms with Crippen LogP contribution < -0.4 is 25.5 Å². The van der Waals surface area contributed by atoms with Gasteiger partial charge in [0.15, 0.2) is 11.0 Å². The van der Waals surface area contributed by atoms with E-state index in [-0.39, 0.29) is 22.6 Å². The highest BCUT2D eigenvalue weighted by molar-refractivity contribution is 5.93.